The fraction of sp³-hybridized carbons (Fsp3) is 0.0667. The molecule has 96 valence electrons. The van der Waals surface area contributed by atoms with Gasteiger partial charge in [0, 0.05) is 32.2 Å². The van der Waals surface area contributed by atoms with Gasteiger partial charge >= 0.3 is 0 Å². The summed E-state index contributed by atoms with van der Waals surface area (Å²) >= 11 is 9.50. The quantitative estimate of drug-likeness (QED) is 0.602. The van der Waals surface area contributed by atoms with E-state index in [0.29, 0.717) is 17.1 Å². The Hall–Kier alpha value is -1.32. The number of aromatic nitrogens is 1. The number of nitrogens with zero attached hydrogens (tertiary/aromatic N) is 1. The first kappa shape index (κ1) is 12.7. The van der Waals surface area contributed by atoms with Gasteiger partial charge in [0.25, 0.3) is 0 Å². The van der Waals surface area contributed by atoms with Gasteiger partial charge in [0.15, 0.2) is 0 Å². The van der Waals surface area contributed by atoms with Crippen LogP contribution < -0.4 is 0 Å². The van der Waals surface area contributed by atoms with Crippen molar-refractivity contribution >= 4 is 38.4 Å². The van der Waals surface area contributed by atoms with Crippen molar-refractivity contribution in [2.24, 2.45) is 0 Å². The third kappa shape index (κ3) is 2.40. The van der Waals surface area contributed by atoms with Crippen LogP contribution in [-0.2, 0) is 6.54 Å². The smallest absolute Gasteiger partial charge is 0.128 e. The van der Waals surface area contributed by atoms with Crippen molar-refractivity contribution in [3.8, 4) is 0 Å². The molecule has 0 amide bonds. The van der Waals surface area contributed by atoms with Crippen molar-refractivity contribution < 1.29 is 4.39 Å². The van der Waals surface area contributed by atoms with Crippen molar-refractivity contribution in [3.63, 3.8) is 0 Å². The second kappa shape index (κ2) is 4.99. The summed E-state index contributed by atoms with van der Waals surface area (Å²) in [5.41, 5.74) is 1.65. The van der Waals surface area contributed by atoms with E-state index in [2.05, 4.69) is 15.9 Å². The number of benzene rings is 2. The van der Waals surface area contributed by atoms with Crippen LogP contribution >= 0.6 is 27.5 Å². The molecule has 1 heterocycles. The first-order valence-electron chi connectivity index (χ1n) is 5.82. The molecule has 0 fully saturated rings. The van der Waals surface area contributed by atoms with Gasteiger partial charge in [0.2, 0.25) is 0 Å². The standard InChI is InChI=1S/C15H10BrClFN/c16-11-4-5-14(18)10(8-11)9-19-7-6-12-13(17)2-1-3-15(12)19/h1-8H,9H2. The molecule has 19 heavy (non-hydrogen) atoms. The molecule has 0 spiro atoms. The molecule has 0 radical (unpaired) electrons. The number of hydrogen-bond acceptors (Lipinski definition) is 0. The Morgan fingerprint density at radius 3 is 2.84 bits per heavy atom. The zero-order valence-corrected chi connectivity index (χ0v) is 12.2. The summed E-state index contributed by atoms with van der Waals surface area (Å²) in [6.07, 6.45) is 1.93. The fourth-order valence-electron chi connectivity index (χ4n) is 2.17. The van der Waals surface area contributed by atoms with Crippen LogP contribution in [-0.4, -0.2) is 4.57 Å². The molecule has 2 aromatic carbocycles. The highest BCUT2D eigenvalue weighted by Gasteiger charge is 2.07. The third-order valence-corrected chi connectivity index (χ3v) is 3.93. The normalized spacial score (nSPS) is 11.1. The molecule has 0 saturated carbocycles. The van der Waals surface area contributed by atoms with E-state index in [0.717, 1.165) is 15.4 Å². The molecule has 1 aromatic heterocycles. The lowest BCUT2D eigenvalue weighted by Gasteiger charge is -2.07. The van der Waals surface area contributed by atoms with Crippen LogP contribution in [0, 0.1) is 5.82 Å². The second-order valence-electron chi connectivity index (χ2n) is 4.35. The molecule has 0 saturated heterocycles. The maximum atomic E-state index is 13.8. The molecular formula is C15H10BrClFN. The average Bonchev–Trinajstić information content (AvgIpc) is 2.79. The van der Waals surface area contributed by atoms with E-state index in [1.807, 2.05) is 35.0 Å². The lowest BCUT2D eigenvalue weighted by atomic mass is 10.2. The van der Waals surface area contributed by atoms with Crippen LogP contribution in [0.15, 0.2) is 53.1 Å². The van der Waals surface area contributed by atoms with E-state index in [-0.39, 0.29) is 5.82 Å². The second-order valence-corrected chi connectivity index (χ2v) is 5.67. The molecule has 0 N–H and O–H groups in total. The predicted molar refractivity (Wildman–Crippen MR) is 80.2 cm³/mol. The average molecular weight is 339 g/mol. The number of hydrogen-bond donors (Lipinski definition) is 0. The van der Waals surface area contributed by atoms with Gasteiger partial charge in [-0.2, -0.15) is 0 Å². The lowest BCUT2D eigenvalue weighted by molar-refractivity contribution is 0.601. The molecule has 0 atom stereocenters. The van der Waals surface area contributed by atoms with E-state index in [9.17, 15) is 4.39 Å². The van der Waals surface area contributed by atoms with Crippen molar-refractivity contribution in [2.75, 3.05) is 0 Å². The van der Waals surface area contributed by atoms with Crippen LogP contribution in [0.5, 0.6) is 0 Å². The van der Waals surface area contributed by atoms with Crippen molar-refractivity contribution in [2.45, 2.75) is 6.54 Å². The van der Waals surface area contributed by atoms with E-state index < -0.39 is 0 Å². The van der Waals surface area contributed by atoms with Gasteiger partial charge in [-0.15, -0.1) is 0 Å². The summed E-state index contributed by atoms with van der Waals surface area (Å²) in [4.78, 5) is 0. The van der Waals surface area contributed by atoms with Gasteiger partial charge in [-0.05, 0) is 36.4 Å². The summed E-state index contributed by atoms with van der Waals surface area (Å²) < 4.78 is 16.6. The minimum absolute atomic E-state index is 0.202. The van der Waals surface area contributed by atoms with E-state index in [1.54, 1.807) is 12.1 Å². The Bertz CT molecular complexity index is 751. The molecule has 0 aliphatic rings. The zero-order chi connectivity index (χ0) is 13.4. The number of halogens is 3. The topological polar surface area (TPSA) is 4.93 Å². The Morgan fingerprint density at radius 1 is 1.16 bits per heavy atom. The van der Waals surface area contributed by atoms with Gasteiger partial charge in [0.05, 0.1) is 6.54 Å². The monoisotopic (exact) mass is 337 g/mol. The first-order valence-corrected chi connectivity index (χ1v) is 6.99. The minimum Gasteiger partial charge on any atom is -0.343 e. The van der Waals surface area contributed by atoms with Crippen LogP contribution in [0.3, 0.4) is 0 Å². The van der Waals surface area contributed by atoms with Crippen LogP contribution in [0.1, 0.15) is 5.56 Å². The SMILES string of the molecule is Fc1ccc(Br)cc1Cn1ccc2c(Cl)cccc21. The number of rotatable bonds is 2. The molecule has 3 aromatic rings. The minimum atomic E-state index is -0.202. The molecule has 1 nitrogen and oxygen atoms in total. The lowest BCUT2D eigenvalue weighted by Crippen LogP contribution is -2.00. The van der Waals surface area contributed by atoms with Gasteiger partial charge in [0.1, 0.15) is 5.82 Å². The van der Waals surface area contributed by atoms with Crippen molar-refractivity contribution in [1.82, 2.24) is 4.57 Å². The Kier molecular flexibility index (Phi) is 3.33. The Morgan fingerprint density at radius 2 is 2.00 bits per heavy atom. The van der Waals surface area contributed by atoms with Crippen molar-refractivity contribution in [1.29, 1.82) is 0 Å². The summed E-state index contributed by atoms with van der Waals surface area (Å²) in [5.74, 6) is -0.202. The summed E-state index contributed by atoms with van der Waals surface area (Å²) in [5, 5.41) is 1.70. The van der Waals surface area contributed by atoms with Gasteiger partial charge in [-0.3, -0.25) is 0 Å². The molecule has 0 aliphatic carbocycles. The maximum absolute atomic E-state index is 13.8. The highest BCUT2D eigenvalue weighted by atomic mass is 79.9. The molecule has 0 aliphatic heterocycles. The van der Waals surface area contributed by atoms with E-state index in [1.165, 1.54) is 6.07 Å². The molecule has 0 unspecified atom stereocenters. The summed E-state index contributed by atoms with van der Waals surface area (Å²) in [7, 11) is 0. The maximum Gasteiger partial charge on any atom is 0.128 e. The highest BCUT2D eigenvalue weighted by Crippen LogP contribution is 2.25. The van der Waals surface area contributed by atoms with Crippen LogP contribution in [0.2, 0.25) is 5.02 Å². The highest BCUT2D eigenvalue weighted by molar-refractivity contribution is 9.10. The van der Waals surface area contributed by atoms with Crippen LogP contribution in [0.4, 0.5) is 4.39 Å². The fourth-order valence-corrected chi connectivity index (χ4v) is 2.81. The van der Waals surface area contributed by atoms with Crippen LogP contribution in [0.25, 0.3) is 10.9 Å². The molecular weight excluding hydrogens is 329 g/mol. The van der Waals surface area contributed by atoms with E-state index >= 15 is 0 Å². The molecule has 0 bridgehead atoms. The van der Waals surface area contributed by atoms with Crippen molar-refractivity contribution in [3.05, 3.63) is 69.5 Å². The zero-order valence-electron chi connectivity index (χ0n) is 9.91. The van der Waals surface area contributed by atoms with Gasteiger partial charge < -0.3 is 4.57 Å². The van der Waals surface area contributed by atoms with E-state index in [4.69, 9.17) is 11.6 Å². The largest absolute Gasteiger partial charge is 0.343 e. The predicted octanol–water partition coefficient (Wildman–Crippen LogP) is 5.24. The number of fused-ring (bicyclic) bond motifs is 1. The molecule has 4 heteroatoms. The van der Waals surface area contributed by atoms with Gasteiger partial charge in [-0.1, -0.05) is 33.6 Å². The summed E-state index contributed by atoms with van der Waals surface area (Å²) in [6.45, 7) is 0.481. The Labute approximate surface area is 123 Å². The summed E-state index contributed by atoms with van der Waals surface area (Å²) in [6, 6.07) is 12.7. The van der Waals surface area contributed by atoms with Gasteiger partial charge in [-0.25, -0.2) is 4.39 Å². The third-order valence-electron chi connectivity index (χ3n) is 3.11. The first-order chi connectivity index (χ1) is 9.15. The molecule has 3 rings (SSSR count). The Balaban J connectivity index is 2.06.